The van der Waals surface area contributed by atoms with Crippen LogP contribution in [0.5, 0.6) is 23.0 Å². The van der Waals surface area contributed by atoms with E-state index in [1.165, 1.54) is 0 Å². The Kier molecular flexibility index (Phi) is 6.61. The van der Waals surface area contributed by atoms with Gasteiger partial charge in [-0.1, -0.05) is 24.3 Å². The minimum absolute atomic E-state index is 0.152. The summed E-state index contributed by atoms with van der Waals surface area (Å²) in [4.78, 5) is 5.01. The third-order valence-electron chi connectivity index (χ3n) is 5.58. The summed E-state index contributed by atoms with van der Waals surface area (Å²) in [5, 5.41) is 14.5. The van der Waals surface area contributed by atoms with Crippen molar-refractivity contribution in [2.75, 3.05) is 20.8 Å². The normalized spacial score (nSPS) is 18.0. The first kappa shape index (κ1) is 21.7. The maximum Gasteiger partial charge on any atom is 0.162 e. The number of hydrogen-bond donors (Lipinski definition) is 2. The van der Waals surface area contributed by atoms with Crippen molar-refractivity contribution in [3.63, 3.8) is 0 Å². The molecule has 0 amide bonds. The van der Waals surface area contributed by atoms with Crippen molar-refractivity contribution in [1.29, 1.82) is 0 Å². The van der Waals surface area contributed by atoms with Gasteiger partial charge in [-0.2, -0.15) is 0 Å². The first-order chi connectivity index (χ1) is 15.6. The average molecular weight is 433 g/mol. The fourth-order valence-corrected chi connectivity index (χ4v) is 3.94. The van der Waals surface area contributed by atoms with Crippen LogP contribution in [0.15, 0.2) is 71.7 Å². The molecule has 0 unspecified atom stereocenters. The summed E-state index contributed by atoms with van der Waals surface area (Å²) in [6, 6.07) is 21.2. The van der Waals surface area contributed by atoms with Crippen molar-refractivity contribution in [3.05, 3.63) is 83.4 Å². The molecular weight excluding hydrogens is 404 g/mol. The molecule has 1 aliphatic heterocycles. The molecule has 1 aliphatic rings. The van der Waals surface area contributed by atoms with Crippen LogP contribution in [0.25, 0.3) is 0 Å². The second-order valence-corrected chi connectivity index (χ2v) is 7.53. The fourth-order valence-electron chi connectivity index (χ4n) is 3.94. The van der Waals surface area contributed by atoms with E-state index >= 15 is 0 Å². The molecule has 166 valence electrons. The van der Waals surface area contributed by atoms with E-state index in [0.717, 1.165) is 33.9 Å². The third kappa shape index (κ3) is 4.55. The molecule has 0 bridgehead atoms. The van der Waals surface area contributed by atoms with Crippen molar-refractivity contribution in [3.8, 4) is 23.0 Å². The summed E-state index contributed by atoms with van der Waals surface area (Å²) in [6.45, 7) is 2.39. The molecule has 0 aromatic heterocycles. The van der Waals surface area contributed by atoms with E-state index in [0.29, 0.717) is 18.8 Å². The van der Waals surface area contributed by atoms with E-state index in [9.17, 15) is 5.11 Å². The first-order valence-corrected chi connectivity index (χ1v) is 10.7. The molecule has 3 aromatic rings. The number of para-hydroxylation sites is 1. The topological polar surface area (TPSA) is 72.3 Å². The van der Waals surface area contributed by atoms with Gasteiger partial charge in [-0.15, -0.1) is 0 Å². The Hall–Kier alpha value is -3.51. The highest BCUT2D eigenvalue weighted by molar-refractivity contribution is 6.01. The van der Waals surface area contributed by atoms with E-state index in [1.54, 1.807) is 20.3 Å². The van der Waals surface area contributed by atoms with Crippen molar-refractivity contribution in [2.45, 2.75) is 25.6 Å². The zero-order chi connectivity index (χ0) is 22.5. The molecule has 4 rings (SSSR count). The zero-order valence-electron chi connectivity index (χ0n) is 18.5. The van der Waals surface area contributed by atoms with Crippen LogP contribution in [0.3, 0.4) is 0 Å². The molecule has 0 saturated heterocycles. The van der Waals surface area contributed by atoms with Gasteiger partial charge in [-0.05, 0) is 60.5 Å². The minimum atomic E-state index is -0.295. The van der Waals surface area contributed by atoms with Gasteiger partial charge < -0.3 is 19.3 Å². The molecule has 1 heterocycles. The molecule has 3 aromatic carbocycles. The van der Waals surface area contributed by atoms with Crippen molar-refractivity contribution >= 4 is 5.71 Å². The van der Waals surface area contributed by atoms with Crippen LogP contribution in [-0.4, -0.2) is 31.6 Å². The summed E-state index contributed by atoms with van der Waals surface area (Å²) in [7, 11) is 3.31. The number of nitrogens with zero attached hydrogens (tertiary/aromatic N) is 1. The summed E-state index contributed by atoms with van der Waals surface area (Å²) in [5.74, 6) is 2.21. The van der Waals surface area contributed by atoms with Crippen LogP contribution in [0, 0.1) is 0 Å². The highest BCUT2D eigenvalue weighted by Gasteiger charge is 2.28. The zero-order valence-corrected chi connectivity index (χ0v) is 18.5. The molecule has 6 nitrogen and oxygen atoms in total. The number of aliphatic imine (C=N–C) groups is 1. The second kappa shape index (κ2) is 9.75. The number of hydrogen-bond acceptors (Lipinski definition) is 6. The lowest BCUT2D eigenvalue weighted by atomic mass is 9.93. The Labute approximate surface area is 188 Å². The molecule has 0 radical (unpaired) electrons. The van der Waals surface area contributed by atoms with Gasteiger partial charge in [-0.3, -0.25) is 10.3 Å². The summed E-state index contributed by atoms with van der Waals surface area (Å²) in [5.41, 5.74) is 3.74. The SMILES string of the molecule is CCOc1cccc([C@H]2CC(c3ccc(OC)cc3)=N[C@H](c3cccc(OC)c3)N2)c1O. The van der Waals surface area contributed by atoms with Crippen LogP contribution < -0.4 is 19.5 Å². The maximum absolute atomic E-state index is 10.9. The standard InChI is InChI=1S/C26H28N2O4/c1-4-32-24-10-6-9-21(25(24)29)23-16-22(17-11-13-19(30-2)14-12-17)27-26(28-23)18-7-5-8-20(15-18)31-3/h5-15,23,26,28-29H,4,16H2,1-3H3/t23-,26+/m1/s1. The Morgan fingerprint density at radius 1 is 0.969 bits per heavy atom. The van der Waals surface area contributed by atoms with Gasteiger partial charge >= 0.3 is 0 Å². The van der Waals surface area contributed by atoms with E-state index in [2.05, 4.69) is 5.32 Å². The second-order valence-electron chi connectivity index (χ2n) is 7.53. The Bertz CT molecular complexity index is 1100. The number of ether oxygens (including phenoxy) is 3. The highest BCUT2D eigenvalue weighted by atomic mass is 16.5. The van der Waals surface area contributed by atoms with Gasteiger partial charge in [0, 0.05) is 23.7 Å². The lowest BCUT2D eigenvalue weighted by molar-refractivity contribution is 0.313. The summed E-state index contributed by atoms with van der Waals surface area (Å²) in [6.07, 6.45) is 0.326. The number of rotatable bonds is 7. The van der Waals surface area contributed by atoms with E-state index in [-0.39, 0.29) is 18.0 Å². The molecule has 0 aliphatic carbocycles. The van der Waals surface area contributed by atoms with Gasteiger partial charge in [0.05, 0.1) is 20.8 Å². The van der Waals surface area contributed by atoms with Crippen LogP contribution in [0.2, 0.25) is 0 Å². The average Bonchev–Trinajstić information content (AvgIpc) is 2.85. The third-order valence-corrected chi connectivity index (χ3v) is 5.58. The van der Waals surface area contributed by atoms with Crippen LogP contribution in [-0.2, 0) is 0 Å². The monoisotopic (exact) mass is 432 g/mol. The number of benzene rings is 3. The number of nitrogens with one attached hydrogen (secondary N) is 1. The Balaban J connectivity index is 1.75. The molecule has 0 saturated carbocycles. The van der Waals surface area contributed by atoms with Crippen molar-refractivity contribution in [2.24, 2.45) is 4.99 Å². The van der Waals surface area contributed by atoms with E-state index in [4.69, 9.17) is 19.2 Å². The predicted octanol–water partition coefficient (Wildman–Crippen LogP) is 5.03. The number of phenols is 1. The van der Waals surface area contributed by atoms with Crippen molar-refractivity contribution < 1.29 is 19.3 Å². The molecule has 32 heavy (non-hydrogen) atoms. The van der Waals surface area contributed by atoms with Crippen molar-refractivity contribution in [1.82, 2.24) is 5.32 Å². The number of aromatic hydroxyl groups is 1. The molecule has 6 heteroatoms. The lowest BCUT2D eigenvalue weighted by Gasteiger charge is -2.31. The Morgan fingerprint density at radius 3 is 2.44 bits per heavy atom. The van der Waals surface area contributed by atoms with Crippen LogP contribution in [0.4, 0.5) is 0 Å². The first-order valence-electron chi connectivity index (χ1n) is 10.7. The number of phenolic OH excluding ortho intramolecular Hbond substituents is 1. The van der Waals surface area contributed by atoms with Gasteiger partial charge in [0.1, 0.15) is 17.7 Å². The molecular formula is C26H28N2O4. The van der Waals surface area contributed by atoms with Crippen LogP contribution in [0.1, 0.15) is 42.2 Å². The molecule has 2 N–H and O–H groups in total. The highest BCUT2D eigenvalue weighted by Crippen LogP contribution is 2.39. The van der Waals surface area contributed by atoms with Gasteiger partial charge in [0.25, 0.3) is 0 Å². The molecule has 0 fully saturated rings. The van der Waals surface area contributed by atoms with Gasteiger partial charge in [-0.25, -0.2) is 0 Å². The van der Waals surface area contributed by atoms with Gasteiger partial charge in [0.15, 0.2) is 11.5 Å². The Morgan fingerprint density at radius 2 is 1.72 bits per heavy atom. The van der Waals surface area contributed by atoms with E-state index < -0.39 is 0 Å². The summed E-state index contributed by atoms with van der Waals surface area (Å²) < 4.78 is 16.3. The lowest BCUT2D eigenvalue weighted by Crippen LogP contribution is -2.33. The smallest absolute Gasteiger partial charge is 0.162 e. The molecule has 0 spiro atoms. The summed E-state index contributed by atoms with van der Waals surface area (Å²) >= 11 is 0. The quantitative estimate of drug-likeness (QED) is 0.548. The largest absolute Gasteiger partial charge is 0.504 e. The maximum atomic E-state index is 10.9. The van der Waals surface area contributed by atoms with Gasteiger partial charge in [0.2, 0.25) is 0 Å². The molecule has 2 atom stereocenters. The minimum Gasteiger partial charge on any atom is -0.504 e. The fraction of sp³-hybridized carbons (Fsp3) is 0.269. The number of methoxy groups -OCH3 is 2. The van der Waals surface area contributed by atoms with Crippen LogP contribution >= 0.6 is 0 Å². The predicted molar refractivity (Wildman–Crippen MR) is 125 cm³/mol. The van der Waals surface area contributed by atoms with E-state index in [1.807, 2.05) is 67.6 Å².